The number of phenols is 1. The normalized spacial score (nSPS) is 19.8. The van der Waals surface area contributed by atoms with Crippen molar-refractivity contribution in [2.75, 3.05) is 6.61 Å². The lowest BCUT2D eigenvalue weighted by Gasteiger charge is -2.28. The van der Waals surface area contributed by atoms with Gasteiger partial charge in [0, 0.05) is 24.1 Å². The SMILES string of the molecule is CC(C)NC1CCOc2c(O)cccc21. The van der Waals surface area contributed by atoms with Gasteiger partial charge in [0.2, 0.25) is 0 Å². The maximum Gasteiger partial charge on any atom is 0.165 e. The summed E-state index contributed by atoms with van der Waals surface area (Å²) in [6.07, 6.45) is 0.953. The minimum absolute atomic E-state index is 0.239. The number of para-hydroxylation sites is 1. The van der Waals surface area contributed by atoms with E-state index in [1.54, 1.807) is 6.07 Å². The monoisotopic (exact) mass is 207 g/mol. The van der Waals surface area contributed by atoms with Crippen molar-refractivity contribution >= 4 is 0 Å². The highest BCUT2D eigenvalue weighted by atomic mass is 16.5. The number of hydrogen-bond donors (Lipinski definition) is 2. The summed E-state index contributed by atoms with van der Waals surface area (Å²) in [7, 11) is 0. The van der Waals surface area contributed by atoms with Crippen LogP contribution in [0, 0.1) is 0 Å². The van der Waals surface area contributed by atoms with Crippen molar-refractivity contribution in [3.8, 4) is 11.5 Å². The smallest absolute Gasteiger partial charge is 0.165 e. The summed E-state index contributed by atoms with van der Waals surface area (Å²) < 4.78 is 5.48. The van der Waals surface area contributed by atoms with Gasteiger partial charge in [-0.3, -0.25) is 0 Å². The molecule has 1 atom stereocenters. The van der Waals surface area contributed by atoms with Crippen molar-refractivity contribution in [3.05, 3.63) is 23.8 Å². The Bertz CT molecular complexity index is 349. The number of nitrogens with one attached hydrogen (secondary N) is 1. The van der Waals surface area contributed by atoms with E-state index in [1.807, 2.05) is 12.1 Å². The van der Waals surface area contributed by atoms with Gasteiger partial charge in [-0.2, -0.15) is 0 Å². The fraction of sp³-hybridized carbons (Fsp3) is 0.500. The highest BCUT2D eigenvalue weighted by molar-refractivity contribution is 5.48. The van der Waals surface area contributed by atoms with Crippen LogP contribution in [0.5, 0.6) is 11.5 Å². The number of ether oxygens (including phenoxy) is 1. The summed E-state index contributed by atoms with van der Waals surface area (Å²) >= 11 is 0. The minimum atomic E-state index is 0.239. The van der Waals surface area contributed by atoms with Crippen LogP contribution < -0.4 is 10.1 Å². The lowest BCUT2D eigenvalue weighted by Crippen LogP contribution is -2.31. The lowest BCUT2D eigenvalue weighted by atomic mass is 9.99. The molecule has 0 spiro atoms. The van der Waals surface area contributed by atoms with Gasteiger partial charge in [-0.15, -0.1) is 0 Å². The summed E-state index contributed by atoms with van der Waals surface area (Å²) in [5, 5.41) is 13.1. The van der Waals surface area contributed by atoms with Gasteiger partial charge in [0.1, 0.15) is 0 Å². The predicted molar refractivity (Wildman–Crippen MR) is 59.2 cm³/mol. The molecule has 3 heteroatoms. The zero-order chi connectivity index (χ0) is 10.8. The number of aromatic hydroxyl groups is 1. The number of rotatable bonds is 2. The van der Waals surface area contributed by atoms with Gasteiger partial charge in [-0.1, -0.05) is 26.0 Å². The van der Waals surface area contributed by atoms with Gasteiger partial charge in [-0.05, 0) is 6.07 Å². The fourth-order valence-corrected chi connectivity index (χ4v) is 1.98. The highest BCUT2D eigenvalue weighted by Crippen LogP contribution is 2.38. The van der Waals surface area contributed by atoms with E-state index in [1.165, 1.54) is 0 Å². The Morgan fingerprint density at radius 1 is 1.47 bits per heavy atom. The van der Waals surface area contributed by atoms with Crippen LogP contribution in [0.1, 0.15) is 31.9 Å². The van der Waals surface area contributed by atoms with E-state index >= 15 is 0 Å². The molecule has 1 heterocycles. The van der Waals surface area contributed by atoms with Crippen molar-refractivity contribution in [2.45, 2.75) is 32.4 Å². The van der Waals surface area contributed by atoms with E-state index in [0.29, 0.717) is 24.4 Å². The standard InChI is InChI=1S/C12H17NO2/c1-8(2)13-10-6-7-15-12-9(10)4-3-5-11(12)14/h3-5,8,10,13-14H,6-7H2,1-2H3. The molecule has 1 aromatic rings. The van der Waals surface area contributed by atoms with Crippen LogP contribution in [-0.4, -0.2) is 17.8 Å². The third-order valence-corrected chi connectivity index (χ3v) is 2.59. The second-order valence-corrected chi connectivity index (χ2v) is 4.21. The highest BCUT2D eigenvalue weighted by Gasteiger charge is 2.23. The van der Waals surface area contributed by atoms with Crippen LogP contribution in [0.25, 0.3) is 0 Å². The van der Waals surface area contributed by atoms with Gasteiger partial charge >= 0.3 is 0 Å². The molecule has 1 aromatic carbocycles. The zero-order valence-electron chi connectivity index (χ0n) is 9.16. The van der Waals surface area contributed by atoms with Crippen LogP contribution in [0.15, 0.2) is 18.2 Å². The third-order valence-electron chi connectivity index (χ3n) is 2.59. The number of benzene rings is 1. The van der Waals surface area contributed by atoms with Crippen LogP contribution in [0.3, 0.4) is 0 Å². The molecule has 0 saturated heterocycles. The molecule has 0 saturated carbocycles. The van der Waals surface area contributed by atoms with Gasteiger partial charge in [0.15, 0.2) is 11.5 Å². The molecular weight excluding hydrogens is 190 g/mol. The Labute approximate surface area is 90.1 Å². The molecule has 1 unspecified atom stereocenters. The fourth-order valence-electron chi connectivity index (χ4n) is 1.98. The summed E-state index contributed by atoms with van der Waals surface area (Å²) in [6, 6.07) is 6.26. The molecule has 0 amide bonds. The van der Waals surface area contributed by atoms with Crippen molar-refractivity contribution < 1.29 is 9.84 Å². The van der Waals surface area contributed by atoms with Crippen LogP contribution >= 0.6 is 0 Å². The van der Waals surface area contributed by atoms with Crippen LogP contribution in [0.4, 0.5) is 0 Å². The summed E-state index contributed by atoms with van der Waals surface area (Å²) in [5.41, 5.74) is 1.06. The summed E-state index contributed by atoms with van der Waals surface area (Å²) in [5.74, 6) is 0.879. The number of fused-ring (bicyclic) bond motifs is 1. The molecule has 1 aliphatic rings. The maximum atomic E-state index is 9.66. The van der Waals surface area contributed by atoms with E-state index in [-0.39, 0.29) is 5.75 Å². The molecule has 0 bridgehead atoms. The van der Waals surface area contributed by atoms with Crippen molar-refractivity contribution in [1.29, 1.82) is 0 Å². The van der Waals surface area contributed by atoms with Crippen LogP contribution in [-0.2, 0) is 0 Å². The molecular formula is C12H17NO2. The van der Waals surface area contributed by atoms with Crippen molar-refractivity contribution in [2.24, 2.45) is 0 Å². The first-order valence-corrected chi connectivity index (χ1v) is 5.39. The van der Waals surface area contributed by atoms with E-state index < -0.39 is 0 Å². The molecule has 15 heavy (non-hydrogen) atoms. The largest absolute Gasteiger partial charge is 0.504 e. The summed E-state index contributed by atoms with van der Waals surface area (Å²) in [4.78, 5) is 0. The molecule has 2 rings (SSSR count). The van der Waals surface area contributed by atoms with Gasteiger partial charge in [0.25, 0.3) is 0 Å². The average molecular weight is 207 g/mol. The number of hydrogen-bond acceptors (Lipinski definition) is 3. The molecule has 2 N–H and O–H groups in total. The Balaban J connectivity index is 2.30. The zero-order valence-corrected chi connectivity index (χ0v) is 9.16. The molecule has 82 valence electrons. The van der Waals surface area contributed by atoms with E-state index in [0.717, 1.165) is 12.0 Å². The van der Waals surface area contributed by atoms with Gasteiger partial charge < -0.3 is 15.2 Å². The van der Waals surface area contributed by atoms with Crippen LogP contribution in [0.2, 0.25) is 0 Å². The molecule has 0 radical (unpaired) electrons. The third kappa shape index (κ3) is 2.07. The first kappa shape index (κ1) is 10.3. The minimum Gasteiger partial charge on any atom is -0.504 e. The molecule has 0 aliphatic carbocycles. The maximum absolute atomic E-state index is 9.66. The lowest BCUT2D eigenvalue weighted by molar-refractivity contribution is 0.237. The predicted octanol–water partition coefficient (Wildman–Crippen LogP) is 2.21. The number of phenolic OH excluding ortho intramolecular Hbond substituents is 1. The van der Waals surface area contributed by atoms with E-state index in [2.05, 4.69) is 19.2 Å². The Kier molecular flexibility index (Phi) is 2.82. The van der Waals surface area contributed by atoms with E-state index in [4.69, 9.17) is 4.74 Å². The molecule has 0 fully saturated rings. The van der Waals surface area contributed by atoms with Crippen molar-refractivity contribution in [3.63, 3.8) is 0 Å². The Morgan fingerprint density at radius 2 is 2.27 bits per heavy atom. The summed E-state index contributed by atoms with van der Waals surface area (Å²) in [6.45, 7) is 4.91. The van der Waals surface area contributed by atoms with E-state index in [9.17, 15) is 5.11 Å². The van der Waals surface area contributed by atoms with Gasteiger partial charge in [0.05, 0.1) is 6.61 Å². The Morgan fingerprint density at radius 3 is 3.00 bits per heavy atom. The van der Waals surface area contributed by atoms with Crippen molar-refractivity contribution in [1.82, 2.24) is 5.32 Å². The topological polar surface area (TPSA) is 41.5 Å². The second kappa shape index (κ2) is 4.11. The molecule has 3 nitrogen and oxygen atoms in total. The second-order valence-electron chi connectivity index (χ2n) is 4.21. The van der Waals surface area contributed by atoms with Gasteiger partial charge in [-0.25, -0.2) is 0 Å². The molecule has 1 aliphatic heterocycles. The Hall–Kier alpha value is -1.22. The first-order valence-electron chi connectivity index (χ1n) is 5.39. The average Bonchev–Trinajstić information content (AvgIpc) is 2.19. The molecule has 0 aromatic heterocycles. The quantitative estimate of drug-likeness (QED) is 0.781. The first-order chi connectivity index (χ1) is 7.18.